The summed E-state index contributed by atoms with van der Waals surface area (Å²) in [5.74, 6) is 0.888. The molecular weight excluding hydrogens is 262 g/mol. The van der Waals surface area contributed by atoms with Crippen LogP contribution in [0.1, 0.15) is 22.8 Å². The van der Waals surface area contributed by atoms with Crippen molar-refractivity contribution in [2.45, 2.75) is 12.7 Å². The number of hydrogen-bond acceptors (Lipinski definition) is 4. The molecule has 4 nitrogen and oxygen atoms in total. The van der Waals surface area contributed by atoms with E-state index in [-0.39, 0.29) is 11.9 Å². The van der Waals surface area contributed by atoms with Crippen LogP contribution in [0.5, 0.6) is 0 Å². The Morgan fingerprint density at radius 2 is 1.84 bits per heavy atom. The van der Waals surface area contributed by atoms with E-state index in [1.165, 1.54) is 11.8 Å². The number of ether oxygens (including phenoxy) is 1. The third-order valence-corrected chi connectivity index (χ3v) is 3.38. The van der Waals surface area contributed by atoms with Crippen LogP contribution in [-0.2, 0) is 15.3 Å². The maximum atomic E-state index is 11.7. The Bertz CT molecular complexity index is 429. The lowest BCUT2D eigenvalue weighted by atomic mass is 10.1. The molecule has 0 unspecified atom stereocenters. The van der Waals surface area contributed by atoms with Crippen molar-refractivity contribution >= 4 is 23.6 Å². The van der Waals surface area contributed by atoms with Gasteiger partial charge in [-0.1, -0.05) is 12.1 Å². The van der Waals surface area contributed by atoms with Crippen LogP contribution in [-0.4, -0.2) is 43.2 Å². The van der Waals surface area contributed by atoms with Crippen molar-refractivity contribution in [3.05, 3.63) is 35.4 Å². The predicted octanol–water partition coefficient (Wildman–Crippen LogP) is 2.18. The zero-order valence-electron chi connectivity index (χ0n) is 11.5. The van der Waals surface area contributed by atoms with E-state index in [4.69, 9.17) is 4.74 Å². The van der Waals surface area contributed by atoms with Crippen molar-refractivity contribution < 1.29 is 14.3 Å². The fraction of sp³-hybridized carbons (Fsp3) is 0.429. The summed E-state index contributed by atoms with van der Waals surface area (Å²) in [4.78, 5) is 24.4. The van der Waals surface area contributed by atoms with Gasteiger partial charge >= 0.3 is 5.97 Å². The molecule has 0 bridgehead atoms. The summed E-state index contributed by atoms with van der Waals surface area (Å²) in [5.41, 5.74) is 1.76. The minimum Gasteiger partial charge on any atom is -0.465 e. The van der Waals surface area contributed by atoms with Crippen molar-refractivity contribution in [2.24, 2.45) is 0 Å². The molecule has 1 aromatic rings. The van der Waals surface area contributed by atoms with Crippen LogP contribution in [0.3, 0.4) is 0 Å². The molecule has 5 heteroatoms. The quantitative estimate of drug-likeness (QED) is 0.750. The number of carbonyl (C=O) groups excluding carboxylic acids is 2. The number of benzene rings is 1. The molecule has 0 aliphatic carbocycles. The summed E-state index contributed by atoms with van der Waals surface area (Å²) in [6.07, 6.45) is 0. The van der Waals surface area contributed by atoms with Gasteiger partial charge in [-0.3, -0.25) is 9.59 Å². The molecule has 0 aliphatic heterocycles. The fourth-order valence-electron chi connectivity index (χ4n) is 1.46. The molecule has 1 aromatic carbocycles. The van der Waals surface area contributed by atoms with Gasteiger partial charge in [0.05, 0.1) is 12.4 Å². The third kappa shape index (κ3) is 5.34. The summed E-state index contributed by atoms with van der Waals surface area (Å²) in [6, 6.07) is 7.44. The molecule has 0 saturated heterocycles. The van der Waals surface area contributed by atoms with Crippen LogP contribution >= 0.6 is 11.8 Å². The normalized spacial score (nSPS) is 10.1. The van der Waals surface area contributed by atoms with E-state index >= 15 is 0 Å². The van der Waals surface area contributed by atoms with Crippen LogP contribution < -0.4 is 0 Å². The van der Waals surface area contributed by atoms with Gasteiger partial charge in [-0.2, -0.15) is 0 Å². The maximum absolute atomic E-state index is 11.7. The second-order valence-electron chi connectivity index (χ2n) is 4.19. The molecule has 1 amide bonds. The smallest absolute Gasteiger partial charge is 0.315 e. The van der Waals surface area contributed by atoms with Gasteiger partial charge in [0, 0.05) is 25.4 Å². The summed E-state index contributed by atoms with van der Waals surface area (Å²) in [7, 11) is 3.46. The number of thioether (sulfide) groups is 1. The first-order valence-electron chi connectivity index (χ1n) is 6.08. The molecule has 0 heterocycles. The average Bonchev–Trinajstić information content (AvgIpc) is 2.39. The van der Waals surface area contributed by atoms with E-state index in [0.29, 0.717) is 17.9 Å². The average molecular weight is 281 g/mol. The zero-order chi connectivity index (χ0) is 14.3. The van der Waals surface area contributed by atoms with Crippen LogP contribution in [0.25, 0.3) is 0 Å². The highest BCUT2D eigenvalue weighted by atomic mass is 32.2. The summed E-state index contributed by atoms with van der Waals surface area (Å²) in [6.45, 7) is 2.21. The van der Waals surface area contributed by atoms with Crippen molar-refractivity contribution in [1.29, 1.82) is 0 Å². The Labute approximate surface area is 118 Å². The van der Waals surface area contributed by atoms with E-state index in [0.717, 1.165) is 11.3 Å². The number of hydrogen-bond donors (Lipinski definition) is 0. The SMILES string of the molecule is CCOC(=O)CSCc1ccc(C(=O)N(C)C)cc1. The maximum Gasteiger partial charge on any atom is 0.315 e. The molecule has 104 valence electrons. The minimum atomic E-state index is -0.188. The van der Waals surface area contributed by atoms with Gasteiger partial charge < -0.3 is 9.64 Å². The van der Waals surface area contributed by atoms with Gasteiger partial charge in [0.15, 0.2) is 0 Å². The summed E-state index contributed by atoms with van der Waals surface area (Å²) in [5, 5.41) is 0. The molecule has 0 saturated carbocycles. The van der Waals surface area contributed by atoms with Gasteiger partial charge in [0.25, 0.3) is 5.91 Å². The Kier molecular flexibility index (Phi) is 6.42. The molecule has 0 N–H and O–H groups in total. The number of esters is 1. The third-order valence-electron chi connectivity index (χ3n) is 2.40. The molecule has 0 atom stereocenters. The van der Waals surface area contributed by atoms with E-state index in [1.807, 2.05) is 24.3 Å². The molecule has 0 radical (unpaired) electrons. The molecule has 0 spiro atoms. The second kappa shape index (κ2) is 7.84. The number of nitrogens with zero attached hydrogens (tertiary/aromatic N) is 1. The first-order valence-corrected chi connectivity index (χ1v) is 7.24. The highest BCUT2D eigenvalue weighted by molar-refractivity contribution is 7.99. The van der Waals surface area contributed by atoms with Gasteiger partial charge in [0.2, 0.25) is 0 Å². The zero-order valence-corrected chi connectivity index (χ0v) is 12.3. The van der Waals surface area contributed by atoms with E-state index in [1.54, 1.807) is 25.9 Å². The second-order valence-corrected chi connectivity index (χ2v) is 5.18. The predicted molar refractivity (Wildman–Crippen MR) is 77.3 cm³/mol. The van der Waals surface area contributed by atoms with Crippen LogP contribution in [0, 0.1) is 0 Å². The molecule has 0 aliphatic rings. The van der Waals surface area contributed by atoms with Gasteiger partial charge in [-0.15, -0.1) is 11.8 Å². The monoisotopic (exact) mass is 281 g/mol. The largest absolute Gasteiger partial charge is 0.465 e. The lowest BCUT2D eigenvalue weighted by Crippen LogP contribution is -2.21. The first kappa shape index (κ1) is 15.6. The van der Waals surface area contributed by atoms with Crippen LogP contribution in [0.2, 0.25) is 0 Å². The van der Waals surface area contributed by atoms with Gasteiger partial charge in [-0.25, -0.2) is 0 Å². The van der Waals surface area contributed by atoms with E-state index < -0.39 is 0 Å². The molecule has 19 heavy (non-hydrogen) atoms. The molecule has 1 rings (SSSR count). The van der Waals surface area contributed by atoms with Crippen molar-refractivity contribution in [3.63, 3.8) is 0 Å². The van der Waals surface area contributed by atoms with Crippen LogP contribution in [0.15, 0.2) is 24.3 Å². The van der Waals surface area contributed by atoms with Crippen molar-refractivity contribution in [2.75, 3.05) is 26.5 Å². The minimum absolute atomic E-state index is 0.00859. The number of carbonyl (C=O) groups is 2. The Balaban J connectivity index is 2.44. The Morgan fingerprint density at radius 1 is 1.21 bits per heavy atom. The lowest BCUT2D eigenvalue weighted by Gasteiger charge is -2.10. The van der Waals surface area contributed by atoms with Crippen LogP contribution in [0.4, 0.5) is 0 Å². The van der Waals surface area contributed by atoms with Crippen molar-refractivity contribution in [3.8, 4) is 0 Å². The summed E-state index contributed by atoms with van der Waals surface area (Å²) >= 11 is 1.51. The highest BCUT2D eigenvalue weighted by Crippen LogP contribution is 2.14. The molecule has 0 fully saturated rings. The Hall–Kier alpha value is -1.49. The highest BCUT2D eigenvalue weighted by Gasteiger charge is 2.07. The molecular formula is C14H19NO3S. The van der Waals surface area contributed by atoms with Crippen molar-refractivity contribution in [1.82, 2.24) is 4.90 Å². The van der Waals surface area contributed by atoms with E-state index in [2.05, 4.69) is 0 Å². The number of amides is 1. The summed E-state index contributed by atoms with van der Waals surface area (Å²) < 4.78 is 4.85. The van der Waals surface area contributed by atoms with Gasteiger partial charge in [0.1, 0.15) is 0 Å². The number of rotatable bonds is 6. The lowest BCUT2D eigenvalue weighted by molar-refractivity contribution is -0.139. The van der Waals surface area contributed by atoms with E-state index in [9.17, 15) is 9.59 Å². The fourth-order valence-corrected chi connectivity index (χ4v) is 2.24. The molecule has 0 aromatic heterocycles. The van der Waals surface area contributed by atoms with Gasteiger partial charge in [-0.05, 0) is 24.6 Å². The Morgan fingerprint density at radius 3 is 2.37 bits per heavy atom. The topological polar surface area (TPSA) is 46.6 Å². The first-order chi connectivity index (χ1) is 9.04. The standard InChI is InChI=1S/C14H19NO3S/c1-4-18-13(16)10-19-9-11-5-7-12(8-6-11)14(17)15(2)3/h5-8H,4,9-10H2,1-3H3.